The number of hydrogen-bond acceptors (Lipinski definition) is 5. The average molecular weight is 345 g/mol. The lowest BCUT2D eigenvalue weighted by molar-refractivity contribution is -0.136. The first-order valence-electron chi connectivity index (χ1n) is 7.34. The number of hydrogen-bond donors (Lipinski definition) is 1. The summed E-state index contributed by atoms with van der Waals surface area (Å²) < 4.78 is 0.749. The molecule has 22 heavy (non-hydrogen) atoms. The van der Waals surface area contributed by atoms with Crippen molar-refractivity contribution in [1.29, 1.82) is 0 Å². The van der Waals surface area contributed by atoms with Gasteiger partial charge in [-0.25, -0.2) is 4.98 Å². The van der Waals surface area contributed by atoms with Gasteiger partial charge in [-0.1, -0.05) is 39.5 Å². The fourth-order valence-corrected chi connectivity index (χ4v) is 3.71. The molecule has 0 atom stereocenters. The smallest absolute Gasteiger partial charge is 0.309 e. The number of aliphatic carboxylic acids is 1. The molecule has 0 aliphatic rings. The predicted molar refractivity (Wildman–Crippen MR) is 90.4 cm³/mol. The van der Waals surface area contributed by atoms with Crippen LogP contribution in [-0.4, -0.2) is 45.7 Å². The van der Waals surface area contributed by atoms with Crippen molar-refractivity contribution in [2.24, 2.45) is 11.8 Å². The van der Waals surface area contributed by atoms with Gasteiger partial charge in [0.05, 0.1) is 17.9 Å². The van der Waals surface area contributed by atoms with Crippen molar-refractivity contribution in [3.05, 3.63) is 11.1 Å². The fraction of sp³-hybridized carbons (Fsp3) is 0.667. The number of rotatable bonds is 9. The number of carboxylic acid groups (broad SMARTS) is 1. The fourth-order valence-electron chi connectivity index (χ4n) is 1.97. The summed E-state index contributed by atoms with van der Waals surface area (Å²) >= 11 is 2.77. The van der Waals surface area contributed by atoms with E-state index >= 15 is 0 Å². The maximum atomic E-state index is 12.4. The minimum Gasteiger partial charge on any atom is -0.481 e. The third-order valence-electron chi connectivity index (χ3n) is 2.71. The highest BCUT2D eigenvalue weighted by Crippen LogP contribution is 2.23. The highest BCUT2D eigenvalue weighted by atomic mass is 32.2. The summed E-state index contributed by atoms with van der Waals surface area (Å²) in [5, 5.41) is 10.5. The molecule has 0 saturated carbocycles. The van der Waals surface area contributed by atoms with Gasteiger partial charge in [-0.2, -0.15) is 0 Å². The van der Waals surface area contributed by atoms with Crippen molar-refractivity contribution in [3.63, 3.8) is 0 Å². The van der Waals surface area contributed by atoms with E-state index < -0.39 is 5.97 Å². The standard InChI is InChI=1S/C15H24N2O3S2/c1-10(2)6-17(7-11(3)4)13(18)9-22-15-16-12(8-21-15)5-14(19)20/h8,10-11H,5-7,9H2,1-4H3,(H,19,20). The Balaban J connectivity index is 2.54. The van der Waals surface area contributed by atoms with E-state index in [1.807, 2.05) is 4.90 Å². The number of carbonyl (C=O) groups excluding carboxylic acids is 1. The molecule has 0 aliphatic heterocycles. The van der Waals surface area contributed by atoms with Gasteiger partial charge >= 0.3 is 5.97 Å². The van der Waals surface area contributed by atoms with Crippen LogP contribution in [0.5, 0.6) is 0 Å². The van der Waals surface area contributed by atoms with E-state index in [9.17, 15) is 9.59 Å². The van der Waals surface area contributed by atoms with E-state index in [-0.39, 0.29) is 12.3 Å². The van der Waals surface area contributed by atoms with Crippen molar-refractivity contribution in [2.45, 2.75) is 38.5 Å². The zero-order valence-corrected chi connectivity index (χ0v) is 15.2. The summed E-state index contributed by atoms with van der Waals surface area (Å²) in [7, 11) is 0. The minimum absolute atomic E-state index is 0.0716. The summed E-state index contributed by atoms with van der Waals surface area (Å²) in [5.74, 6) is 0.448. The van der Waals surface area contributed by atoms with Gasteiger partial charge in [0, 0.05) is 18.5 Å². The van der Waals surface area contributed by atoms with Crippen molar-refractivity contribution < 1.29 is 14.7 Å². The zero-order chi connectivity index (χ0) is 16.7. The van der Waals surface area contributed by atoms with Crippen molar-refractivity contribution >= 4 is 35.0 Å². The van der Waals surface area contributed by atoms with Crippen LogP contribution in [0.4, 0.5) is 0 Å². The van der Waals surface area contributed by atoms with Crippen LogP contribution in [0.15, 0.2) is 9.72 Å². The summed E-state index contributed by atoms with van der Waals surface area (Å²) in [4.78, 5) is 29.1. The number of aromatic nitrogens is 1. The Morgan fingerprint density at radius 1 is 1.27 bits per heavy atom. The van der Waals surface area contributed by atoms with E-state index in [0.717, 1.165) is 17.4 Å². The monoisotopic (exact) mass is 344 g/mol. The van der Waals surface area contributed by atoms with Gasteiger partial charge in [-0.05, 0) is 11.8 Å². The molecule has 5 nitrogen and oxygen atoms in total. The van der Waals surface area contributed by atoms with E-state index in [0.29, 0.717) is 23.3 Å². The molecule has 124 valence electrons. The number of carboxylic acids is 1. The van der Waals surface area contributed by atoms with Crippen LogP contribution >= 0.6 is 23.1 Å². The van der Waals surface area contributed by atoms with Crippen molar-refractivity contribution in [2.75, 3.05) is 18.8 Å². The largest absolute Gasteiger partial charge is 0.481 e. The van der Waals surface area contributed by atoms with Crippen LogP contribution in [0.3, 0.4) is 0 Å². The summed E-state index contributed by atoms with van der Waals surface area (Å²) in [6, 6.07) is 0. The van der Waals surface area contributed by atoms with Crippen molar-refractivity contribution in [3.8, 4) is 0 Å². The van der Waals surface area contributed by atoms with E-state index in [2.05, 4.69) is 32.7 Å². The van der Waals surface area contributed by atoms with E-state index in [4.69, 9.17) is 5.11 Å². The Morgan fingerprint density at radius 2 is 1.86 bits per heavy atom. The topological polar surface area (TPSA) is 70.5 Å². The first-order chi connectivity index (χ1) is 10.3. The predicted octanol–water partition coefficient (Wildman–Crippen LogP) is 3.00. The molecule has 1 heterocycles. The molecule has 0 aromatic carbocycles. The Labute approximate surface area is 140 Å². The zero-order valence-electron chi connectivity index (χ0n) is 13.5. The van der Waals surface area contributed by atoms with Crippen LogP contribution < -0.4 is 0 Å². The second kappa shape index (κ2) is 9.15. The van der Waals surface area contributed by atoms with Gasteiger partial charge < -0.3 is 10.0 Å². The van der Waals surface area contributed by atoms with Crippen LogP contribution in [0, 0.1) is 11.8 Å². The Hall–Kier alpha value is -1.08. The lowest BCUT2D eigenvalue weighted by Gasteiger charge is -2.26. The van der Waals surface area contributed by atoms with Gasteiger partial charge in [0.15, 0.2) is 4.34 Å². The lowest BCUT2D eigenvalue weighted by Crippen LogP contribution is -2.38. The minimum atomic E-state index is -0.891. The molecule has 0 aliphatic carbocycles. The molecular formula is C15H24N2O3S2. The quantitative estimate of drug-likeness (QED) is 0.697. The molecule has 1 rings (SSSR count). The lowest BCUT2D eigenvalue weighted by atomic mass is 10.1. The van der Waals surface area contributed by atoms with Gasteiger partial charge in [0.1, 0.15) is 0 Å². The highest BCUT2D eigenvalue weighted by Gasteiger charge is 2.17. The second-order valence-electron chi connectivity index (χ2n) is 6.05. The number of nitrogens with zero attached hydrogens (tertiary/aromatic N) is 2. The molecule has 0 radical (unpaired) electrons. The first kappa shape index (κ1) is 19.0. The van der Waals surface area contributed by atoms with Crippen molar-refractivity contribution in [1.82, 2.24) is 9.88 Å². The van der Waals surface area contributed by atoms with Crippen LogP contribution in [0.25, 0.3) is 0 Å². The SMILES string of the molecule is CC(C)CN(CC(C)C)C(=O)CSc1nc(CC(=O)O)cs1. The molecule has 1 amide bonds. The van der Waals surface area contributed by atoms with Gasteiger partial charge in [-0.15, -0.1) is 11.3 Å². The summed E-state index contributed by atoms with van der Waals surface area (Å²) in [6.07, 6.45) is -0.0716. The Bertz CT molecular complexity index is 491. The van der Waals surface area contributed by atoms with Crippen LogP contribution in [0.2, 0.25) is 0 Å². The third-order valence-corrected chi connectivity index (χ3v) is 4.76. The molecule has 7 heteroatoms. The van der Waals surface area contributed by atoms with Gasteiger partial charge in [-0.3, -0.25) is 9.59 Å². The molecule has 1 N–H and O–H groups in total. The molecule has 0 spiro atoms. The van der Waals surface area contributed by atoms with Gasteiger partial charge in [0.25, 0.3) is 0 Å². The number of amides is 1. The van der Waals surface area contributed by atoms with Crippen LogP contribution in [0.1, 0.15) is 33.4 Å². The Kier molecular flexibility index (Phi) is 7.89. The number of carbonyl (C=O) groups is 2. The maximum absolute atomic E-state index is 12.4. The third kappa shape index (κ3) is 7.26. The molecule has 0 saturated heterocycles. The highest BCUT2D eigenvalue weighted by molar-refractivity contribution is 8.01. The molecular weight excluding hydrogens is 320 g/mol. The first-order valence-corrected chi connectivity index (χ1v) is 9.21. The maximum Gasteiger partial charge on any atom is 0.309 e. The normalized spacial score (nSPS) is 11.2. The number of thiazole rings is 1. The average Bonchev–Trinajstić information content (AvgIpc) is 2.80. The second-order valence-corrected chi connectivity index (χ2v) is 8.13. The summed E-state index contributed by atoms with van der Waals surface area (Å²) in [6.45, 7) is 9.94. The van der Waals surface area contributed by atoms with Crippen LogP contribution in [-0.2, 0) is 16.0 Å². The number of thioether (sulfide) groups is 1. The van der Waals surface area contributed by atoms with E-state index in [1.54, 1.807) is 5.38 Å². The van der Waals surface area contributed by atoms with Gasteiger partial charge in [0.2, 0.25) is 5.91 Å². The van der Waals surface area contributed by atoms with E-state index in [1.165, 1.54) is 23.1 Å². The Morgan fingerprint density at radius 3 is 2.36 bits per heavy atom. The molecule has 1 aromatic heterocycles. The molecule has 0 bridgehead atoms. The molecule has 0 unspecified atom stereocenters. The molecule has 1 aromatic rings. The molecule has 0 fully saturated rings. The summed E-state index contributed by atoms with van der Waals surface area (Å²) in [5.41, 5.74) is 0.550.